The molecule has 0 amide bonds. The molecule has 4 nitrogen and oxygen atoms in total. The second-order valence-electron chi connectivity index (χ2n) is 11.6. The smallest absolute Gasteiger partial charge is 0.107 e. The summed E-state index contributed by atoms with van der Waals surface area (Å²) >= 11 is 3.33. The number of benzene rings is 4. The van der Waals surface area contributed by atoms with Gasteiger partial charge >= 0.3 is 0 Å². The number of pyridine rings is 1. The molecule has 1 aliphatic rings. The normalized spacial score (nSPS) is 14.4. The standard InChI is InChI=1S/C37H28N3OS2.Pt/c1-37(2,3)23-16-17-38-28(18-23)35-27-20-34(43-32(27)21-33-36(35)26-12-5-8-15-31(26)42-33)41-25-11-9-10-24(19-25)40-22-39(4)29-13-6-7-14-30(29)40;/h5-18,21-22H,1-4H3;/q-3;/i4D3;. The molecule has 3 aromatic heterocycles. The van der Waals surface area contributed by atoms with Crippen LogP contribution in [0.15, 0.2) is 91.1 Å². The number of hydrogen-bond donors (Lipinski definition) is 0. The van der Waals surface area contributed by atoms with E-state index in [-0.39, 0.29) is 26.5 Å². The first-order valence-electron chi connectivity index (χ1n) is 15.5. The fourth-order valence-corrected chi connectivity index (χ4v) is 7.82. The molecule has 4 heterocycles. The Morgan fingerprint density at radius 3 is 2.52 bits per heavy atom. The first kappa shape index (κ1) is 25.6. The molecule has 7 heteroatoms. The summed E-state index contributed by atoms with van der Waals surface area (Å²) in [6, 6.07) is 35.1. The van der Waals surface area contributed by atoms with E-state index >= 15 is 0 Å². The Morgan fingerprint density at radius 1 is 0.864 bits per heavy atom. The maximum atomic E-state index is 8.02. The molecule has 222 valence electrons. The van der Waals surface area contributed by atoms with Gasteiger partial charge in [-0.1, -0.05) is 67.4 Å². The van der Waals surface area contributed by atoms with Crippen LogP contribution in [0.25, 0.3) is 41.5 Å². The summed E-state index contributed by atoms with van der Waals surface area (Å²) < 4.78 is 34.0. The average molecular weight is 793 g/mol. The Balaban J connectivity index is 0.00000351. The van der Waals surface area contributed by atoms with Gasteiger partial charge in [-0.05, 0) is 59.1 Å². The molecule has 0 saturated carbocycles. The average Bonchev–Trinajstić information content (AvgIpc) is 3.72. The second-order valence-corrected chi connectivity index (χ2v) is 13.7. The molecule has 0 spiro atoms. The summed E-state index contributed by atoms with van der Waals surface area (Å²) in [6.07, 6.45) is 1.90. The van der Waals surface area contributed by atoms with Crippen molar-refractivity contribution in [2.45, 2.75) is 26.2 Å². The summed E-state index contributed by atoms with van der Waals surface area (Å²) in [6.45, 7) is 5.93. The Bertz CT molecular complexity index is 2290. The minimum atomic E-state index is -2.32. The molecule has 44 heavy (non-hydrogen) atoms. The number of anilines is 3. The maximum absolute atomic E-state index is 8.02. The predicted octanol–water partition coefficient (Wildman–Crippen LogP) is 10.7. The van der Waals surface area contributed by atoms with E-state index in [4.69, 9.17) is 13.8 Å². The second kappa shape index (κ2) is 11.0. The molecule has 0 unspecified atom stereocenters. The quantitative estimate of drug-likeness (QED) is 0.166. The van der Waals surface area contributed by atoms with E-state index < -0.39 is 6.98 Å². The third-order valence-electron chi connectivity index (χ3n) is 7.79. The van der Waals surface area contributed by atoms with E-state index in [1.165, 1.54) is 30.6 Å². The Kier molecular flexibility index (Phi) is 6.42. The summed E-state index contributed by atoms with van der Waals surface area (Å²) in [7, 11) is 0. The number of hydrogen-bond acceptors (Lipinski definition) is 6. The van der Waals surface area contributed by atoms with Gasteiger partial charge in [0.15, 0.2) is 0 Å². The zero-order valence-electron chi connectivity index (χ0n) is 27.1. The summed E-state index contributed by atoms with van der Waals surface area (Å²) in [5.74, 6) is 0.514. The van der Waals surface area contributed by atoms with Crippen LogP contribution in [0.3, 0.4) is 0 Å². The van der Waals surface area contributed by atoms with Crippen LogP contribution in [0.4, 0.5) is 17.1 Å². The van der Waals surface area contributed by atoms with Crippen LogP contribution >= 0.6 is 22.7 Å². The molecule has 0 N–H and O–H groups in total. The van der Waals surface area contributed by atoms with Gasteiger partial charge in [0.25, 0.3) is 0 Å². The molecule has 0 radical (unpaired) electrons. The third-order valence-corrected chi connectivity index (χ3v) is 9.82. The van der Waals surface area contributed by atoms with Gasteiger partial charge in [-0.15, -0.1) is 41.3 Å². The van der Waals surface area contributed by atoms with E-state index in [9.17, 15) is 0 Å². The Morgan fingerprint density at radius 2 is 1.68 bits per heavy atom. The van der Waals surface area contributed by atoms with Crippen molar-refractivity contribution >= 4 is 70.0 Å². The van der Waals surface area contributed by atoms with E-state index in [2.05, 4.69) is 75.4 Å². The molecule has 0 atom stereocenters. The van der Waals surface area contributed by atoms with Crippen molar-refractivity contribution in [2.24, 2.45) is 0 Å². The summed E-state index contributed by atoms with van der Waals surface area (Å²) in [4.78, 5) is 8.03. The van der Waals surface area contributed by atoms with Gasteiger partial charge in [0.1, 0.15) is 5.06 Å². The van der Waals surface area contributed by atoms with Crippen LogP contribution in [-0.2, 0) is 26.5 Å². The van der Waals surface area contributed by atoms with Crippen molar-refractivity contribution < 1.29 is 29.9 Å². The van der Waals surface area contributed by atoms with E-state index in [0.717, 1.165) is 27.0 Å². The topological polar surface area (TPSA) is 28.6 Å². The van der Waals surface area contributed by atoms with Gasteiger partial charge in [-0.3, -0.25) is 4.98 Å². The molecule has 0 fully saturated rings. The van der Waals surface area contributed by atoms with Crippen LogP contribution in [0.2, 0.25) is 0 Å². The van der Waals surface area contributed by atoms with E-state index in [0.29, 0.717) is 22.2 Å². The van der Waals surface area contributed by atoms with Gasteiger partial charge in [0.2, 0.25) is 0 Å². The number of aromatic nitrogens is 1. The minimum Gasteiger partial charge on any atom is -0.504 e. The van der Waals surface area contributed by atoms with Gasteiger partial charge in [-0.2, -0.15) is 29.5 Å². The Labute approximate surface area is 284 Å². The molecule has 8 rings (SSSR count). The largest absolute Gasteiger partial charge is 0.504 e. The maximum Gasteiger partial charge on any atom is 0.107 e. The minimum absolute atomic E-state index is 0. The first-order chi connectivity index (χ1) is 22.0. The van der Waals surface area contributed by atoms with Crippen molar-refractivity contribution in [2.75, 3.05) is 16.8 Å². The van der Waals surface area contributed by atoms with Crippen LogP contribution < -0.4 is 14.5 Å². The number of nitrogens with zero attached hydrogens (tertiary/aromatic N) is 3. The number of thiophene rings is 2. The summed E-state index contributed by atoms with van der Waals surface area (Å²) in [5.41, 5.74) is 5.23. The molecule has 1 aliphatic heterocycles. The van der Waals surface area contributed by atoms with Gasteiger partial charge in [0.05, 0.1) is 0 Å². The number of para-hydroxylation sites is 2. The molecular weight excluding hydrogens is 762 g/mol. The SMILES string of the molecule is [2H]C([2H])([2H])N1[CH-]N(c2[c-]c(Oc3[c-]c4c(-c5cc(C(C)(C)C)ccn5)c5c(cc4s3)sc3ccccc35)ccc2)c2ccccc21.[Pt]. The van der Waals surface area contributed by atoms with Crippen LogP contribution in [0, 0.1) is 18.8 Å². The monoisotopic (exact) mass is 792 g/mol. The van der Waals surface area contributed by atoms with E-state index in [1.54, 1.807) is 29.3 Å². The van der Waals surface area contributed by atoms with Crippen molar-refractivity contribution in [1.29, 1.82) is 0 Å². The zero-order chi connectivity index (χ0) is 31.8. The van der Waals surface area contributed by atoms with Crippen LogP contribution in [0.1, 0.15) is 30.4 Å². The van der Waals surface area contributed by atoms with Crippen molar-refractivity contribution in [3.8, 4) is 22.1 Å². The molecule has 0 aliphatic carbocycles. The van der Waals surface area contributed by atoms with Gasteiger partial charge in [-0.25, -0.2) is 0 Å². The van der Waals surface area contributed by atoms with E-state index in [1.807, 2.05) is 53.6 Å². The number of rotatable bonds is 4. The van der Waals surface area contributed by atoms with Crippen molar-refractivity contribution in [3.05, 3.63) is 115 Å². The fraction of sp³-hybridized carbons (Fsp3) is 0.135. The van der Waals surface area contributed by atoms with Crippen LogP contribution in [-0.4, -0.2) is 12.0 Å². The fourth-order valence-electron chi connectivity index (χ4n) is 5.67. The zero-order valence-corrected chi connectivity index (χ0v) is 28.0. The van der Waals surface area contributed by atoms with Crippen molar-refractivity contribution in [1.82, 2.24) is 4.98 Å². The molecular formula is C37H28N3OPtS2-3. The molecule has 0 saturated heterocycles. The Hall–Kier alpha value is -3.70. The molecule has 7 aromatic rings. The van der Waals surface area contributed by atoms with Crippen LogP contribution in [0.5, 0.6) is 10.8 Å². The molecule has 0 bridgehead atoms. The predicted molar refractivity (Wildman–Crippen MR) is 182 cm³/mol. The number of ether oxygens (including phenoxy) is 1. The van der Waals surface area contributed by atoms with Gasteiger partial charge in [0, 0.05) is 63.6 Å². The first-order valence-corrected chi connectivity index (χ1v) is 15.7. The molecule has 4 aromatic carbocycles. The van der Waals surface area contributed by atoms with Gasteiger partial charge < -0.3 is 14.5 Å². The van der Waals surface area contributed by atoms with Crippen molar-refractivity contribution in [3.63, 3.8) is 0 Å². The third kappa shape index (κ3) is 4.90. The number of fused-ring (bicyclic) bond motifs is 5. The summed E-state index contributed by atoms with van der Waals surface area (Å²) in [5, 5.41) is 3.98.